The topological polar surface area (TPSA) is 38.7 Å². The SMILES string of the molecule is C1=Cc2ccc(-c3cc(-c4ccc(-c5cccnc5)cc4)nc(-c4ccccc4)n3)cc2C2(c3ccccc31)c1ccccc1-c1c2cc2ccc3cccc4ccc1c2c34. The molecule has 1 unspecified atom stereocenters. The minimum Gasteiger partial charge on any atom is -0.264 e. The van der Waals surface area contributed by atoms with E-state index < -0.39 is 5.41 Å². The Morgan fingerprint density at radius 2 is 1.05 bits per heavy atom. The molecule has 0 fully saturated rings. The standard InChI is InChI=1S/C58H35N3/c1-2-11-42(12-3-1)57-60-52(39-24-19-36(20-25-39)45-15-9-31-59-35-45)34-53(61-57)43-27-23-38-22-21-37-10-4-6-17-48(37)58(50(38)32-43)49-18-7-5-16-46(49)56-47-30-29-41-14-8-13-40-26-28-44(33-51(56)58)55(47)54(40)41/h1-35H. The molecule has 3 heteroatoms. The summed E-state index contributed by atoms with van der Waals surface area (Å²) in [5.41, 5.74) is 16.5. The van der Waals surface area contributed by atoms with Gasteiger partial charge < -0.3 is 0 Å². The molecule has 2 aliphatic carbocycles. The maximum absolute atomic E-state index is 5.34. The van der Waals surface area contributed by atoms with E-state index in [1.165, 1.54) is 76.8 Å². The van der Waals surface area contributed by atoms with Crippen LogP contribution in [0.2, 0.25) is 0 Å². The van der Waals surface area contributed by atoms with E-state index in [1.54, 1.807) is 6.20 Å². The zero-order chi connectivity index (χ0) is 40.1. The highest BCUT2D eigenvalue weighted by Gasteiger charge is 2.49. The van der Waals surface area contributed by atoms with Crippen molar-refractivity contribution in [3.63, 3.8) is 0 Å². The Balaban J connectivity index is 1.08. The van der Waals surface area contributed by atoms with Crippen LogP contribution in [0.4, 0.5) is 0 Å². The van der Waals surface area contributed by atoms with Crippen molar-refractivity contribution in [2.75, 3.05) is 0 Å². The molecule has 11 aromatic rings. The molecule has 0 bridgehead atoms. The van der Waals surface area contributed by atoms with Gasteiger partial charge in [0.05, 0.1) is 16.8 Å². The fraction of sp³-hybridized carbons (Fsp3) is 0.0172. The first-order valence-corrected chi connectivity index (χ1v) is 20.9. The van der Waals surface area contributed by atoms with Gasteiger partial charge >= 0.3 is 0 Å². The molecule has 61 heavy (non-hydrogen) atoms. The molecule has 3 nitrogen and oxygen atoms in total. The zero-order valence-electron chi connectivity index (χ0n) is 33.0. The number of rotatable bonds is 4. The van der Waals surface area contributed by atoms with Crippen LogP contribution in [-0.2, 0) is 5.41 Å². The summed E-state index contributed by atoms with van der Waals surface area (Å²) in [4.78, 5) is 14.9. The Kier molecular flexibility index (Phi) is 7.22. The second-order valence-electron chi connectivity index (χ2n) is 16.3. The average molecular weight is 774 g/mol. The van der Waals surface area contributed by atoms with Gasteiger partial charge in [-0.25, -0.2) is 9.97 Å². The van der Waals surface area contributed by atoms with Crippen molar-refractivity contribution in [1.29, 1.82) is 0 Å². The summed E-state index contributed by atoms with van der Waals surface area (Å²) < 4.78 is 0. The lowest BCUT2D eigenvalue weighted by Crippen LogP contribution is -2.30. The number of nitrogens with zero attached hydrogens (tertiary/aromatic N) is 3. The summed E-state index contributed by atoms with van der Waals surface area (Å²) >= 11 is 0. The van der Waals surface area contributed by atoms with Crippen molar-refractivity contribution in [1.82, 2.24) is 15.0 Å². The molecule has 9 aromatic carbocycles. The number of benzene rings is 9. The Bertz CT molecular complexity index is 3560. The van der Waals surface area contributed by atoms with E-state index in [0.717, 1.165) is 39.2 Å². The molecule has 0 saturated carbocycles. The van der Waals surface area contributed by atoms with Crippen LogP contribution in [0.5, 0.6) is 0 Å². The smallest absolute Gasteiger partial charge is 0.160 e. The van der Waals surface area contributed by atoms with E-state index in [1.807, 2.05) is 18.3 Å². The first-order valence-electron chi connectivity index (χ1n) is 20.9. The molecule has 2 heterocycles. The fourth-order valence-corrected chi connectivity index (χ4v) is 10.5. The number of fused-ring (bicyclic) bond motifs is 10. The summed E-state index contributed by atoms with van der Waals surface area (Å²) in [5, 5.41) is 7.80. The van der Waals surface area contributed by atoms with E-state index in [2.05, 4.69) is 193 Å². The third-order valence-electron chi connectivity index (χ3n) is 13.1. The highest BCUT2D eigenvalue weighted by Crippen LogP contribution is 2.61. The molecule has 0 N–H and O–H groups in total. The summed E-state index contributed by atoms with van der Waals surface area (Å²) in [5.74, 6) is 0.694. The Morgan fingerprint density at radius 1 is 0.377 bits per heavy atom. The minimum atomic E-state index is -0.609. The number of hydrogen-bond acceptors (Lipinski definition) is 3. The molecule has 13 rings (SSSR count). The average Bonchev–Trinajstić information content (AvgIpc) is 3.54. The first kappa shape index (κ1) is 33.9. The van der Waals surface area contributed by atoms with Gasteiger partial charge in [0.25, 0.3) is 0 Å². The predicted octanol–water partition coefficient (Wildman–Crippen LogP) is 14.3. The summed E-state index contributed by atoms with van der Waals surface area (Å²) in [7, 11) is 0. The Hall–Kier alpha value is -8.01. The van der Waals surface area contributed by atoms with Crippen LogP contribution < -0.4 is 0 Å². The van der Waals surface area contributed by atoms with Crippen molar-refractivity contribution >= 4 is 44.5 Å². The number of aromatic nitrogens is 3. The quantitative estimate of drug-likeness (QED) is 0.167. The van der Waals surface area contributed by atoms with Gasteiger partial charge in [-0.3, -0.25) is 4.98 Å². The fourth-order valence-electron chi connectivity index (χ4n) is 10.5. The van der Waals surface area contributed by atoms with E-state index in [0.29, 0.717) is 5.82 Å². The predicted molar refractivity (Wildman–Crippen MR) is 252 cm³/mol. The Labute approximate surface area is 353 Å². The lowest BCUT2D eigenvalue weighted by molar-refractivity contribution is 0.768. The van der Waals surface area contributed by atoms with Crippen molar-refractivity contribution in [2.24, 2.45) is 0 Å². The van der Waals surface area contributed by atoms with E-state index in [4.69, 9.17) is 9.97 Å². The largest absolute Gasteiger partial charge is 0.264 e. The number of pyridine rings is 1. The maximum Gasteiger partial charge on any atom is 0.160 e. The molecule has 1 spiro atoms. The molecule has 2 aromatic heterocycles. The van der Waals surface area contributed by atoms with Crippen molar-refractivity contribution in [3.8, 4) is 56.2 Å². The van der Waals surface area contributed by atoms with Gasteiger partial charge in [0.2, 0.25) is 0 Å². The molecule has 0 radical (unpaired) electrons. The van der Waals surface area contributed by atoms with Crippen LogP contribution in [0.15, 0.2) is 200 Å². The maximum atomic E-state index is 5.34. The second-order valence-corrected chi connectivity index (χ2v) is 16.3. The molecular weight excluding hydrogens is 739 g/mol. The van der Waals surface area contributed by atoms with Crippen molar-refractivity contribution < 1.29 is 0 Å². The molecule has 282 valence electrons. The highest BCUT2D eigenvalue weighted by molar-refractivity contribution is 6.27. The normalized spacial score (nSPS) is 14.9. The van der Waals surface area contributed by atoms with E-state index >= 15 is 0 Å². The van der Waals surface area contributed by atoms with Gasteiger partial charge in [-0.05, 0) is 112 Å². The van der Waals surface area contributed by atoms with Gasteiger partial charge in [-0.15, -0.1) is 0 Å². The van der Waals surface area contributed by atoms with Crippen molar-refractivity contribution in [2.45, 2.75) is 5.41 Å². The first-order chi connectivity index (χ1) is 30.2. The molecule has 0 aliphatic heterocycles. The van der Waals surface area contributed by atoms with E-state index in [-0.39, 0.29) is 0 Å². The van der Waals surface area contributed by atoms with E-state index in [9.17, 15) is 0 Å². The highest BCUT2D eigenvalue weighted by atomic mass is 14.9. The summed E-state index contributed by atoms with van der Waals surface area (Å²) in [6, 6.07) is 68.7. The molecule has 2 aliphatic rings. The molecule has 1 atom stereocenters. The van der Waals surface area contributed by atoms with Gasteiger partial charge in [0.1, 0.15) is 0 Å². The zero-order valence-corrected chi connectivity index (χ0v) is 33.0. The third kappa shape index (κ3) is 4.95. The van der Waals surface area contributed by atoms with Crippen LogP contribution in [0.3, 0.4) is 0 Å². The third-order valence-corrected chi connectivity index (χ3v) is 13.1. The molecule has 0 saturated heterocycles. The van der Waals surface area contributed by atoms with Crippen LogP contribution in [0, 0.1) is 0 Å². The van der Waals surface area contributed by atoms with Crippen LogP contribution in [0.25, 0.3) is 101 Å². The van der Waals surface area contributed by atoms with Gasteiger partial charge in [-0.2, -0.15) is 0 Å². The van der Waals surface area contributed by atoms with Gasteiger partial charge in [0.15, 0.2) is 5.82 Å². The lowest BCUT2D eigenvalue weighted by Gasteiger charge is -2.36. The van der Waals surface area contributed by atoms with Crippen LogP contribution in [0.1, 0.15) is 33.4 Å². The lowest BCUT2D eigenvalue weighted by atomic mass is 9.65. The Morgan fingerprint density at radius 3 is 1.87 bits per heavy atom. The monoisotopic (exact) mass is 773 g/mol. The van der Waals surface area contributed by atoms with Crippen molar-refractivity contribution in [3.05, 3.63) is 234 Å². The van der Waals surface area contributed by atoms with Crippen LogP contribution >= 0.6 is 0 Å². The van der Waals surface area contributed by atoms with Gasteiger partial charge in [0, 0.05) is 29.1 Å². The van der Waals surface area contributed by atoms with Gasteiger partial charge in [-0.1, -0.05) is 176 Å². The summed E-state index contributed by atoms with van der Waals surface area (Å²) in [6.45, 7) is 0. The van der Waals surface area contributed by atoms with Crippen LogP contribution in [-0.4, -0.2) is 15.0 Å². The molecule has 0 amide bonds. The molecular formula is C58H35N3. The second kappa shape index (κ2) is 13.0. The summed E-state index contributed by atoms with van der Waals surface area (Å²) in [6.07, 6.45) is 8.32. The number of hydrogen-bond donors (Lipinski definition) is 0. The minimum absolute atomic E-state index is 0.609.